The van der Waals surface area contributed by atoms with Gasteiger partial charge in [0.2, 0.25) is 17.5 Å². The summed E-state index contributed by atoms with van der Waals surface area (Å²) in [7, 11) is 0. The van der Waals surface area contributed by atoms with Crippen LogP contribution < -0.4 is 10.2 Å². The highest BCUT2D eigenvalue weighted by atomic mass is 16.7. The maximum absolute atomic E-state index is 13.9. The van der Waals surface area contributed by atoms with E-state index < -0.39 is 77.3 Å². The second-order valence-corrected chi connectivity index (χ2v) is 12.0. The first kappa shape index (κ1) is 37.0. The molecule has 15 nitrogen and oxygen atoms in total. The van der Waals surface area contributed by atoms with Crippen LogP contribution in [-0.4, -0.2) is 85.0 Å². The Labute approximate surface area is 305 Å². The van der Waals surface area contributed by atoms with Gasteiger partial charge in [0.15, 0.2) is 18.0 Å². The van der Waals surface area contributed by atoms with Gasteiger partial charge in [-0.05, 0) is 71.8 Å². The number of rotatable bonds is 10. The van der Waals surface area contributed by atoms with E-state index in [4.69, 9.17) is 23.4 Å². The molecule has 278 valence electrons. The van der Waals surface area contributed by atoms with Crippen molar-refractivity contribution in [2.75, 3.05) is 6.61 Å². The van der Waals surface area contributed by atoms with E-state index in [1.807, 2.05) is 0 Å². The minimum atomic E-state index is -2.00. The fraction of sp³-hybridized carbons (Fsp3) is 0.154. The molecule has 1 aromatic heterocycles. The van der Waals surface area contributed by atoms with Crippen molar-refractivity contribution in [1.29, 1.82) is 0 Å². The largest absolute Gasteiger partial charge is 0.508 e. The van der Waals surface area contributed by atoms with Crippen molar-refractivity contribution in [3.8, 4) is 45.8 Å². The normalized spacial score (nSPS) is 19.9. The molecule has 1 saturated heterocycles. The summed E-state index contributed by atoms with van der Waals surface area (Å²) < 4.78 is 28.3. The molecule has 0 bridgehead atoms. The number of aliphatic hydroxyl groups is 2. The minimum Gasteiger partial charge on any atom is -0.508 e. The van der Waals surface area contributed by atoms with Crippen molar-refractivity contribution in [2.24, 2.45) is 0 Å². The van der Waals surface area contributed by atoms with E-state index in [2.05, 4.69) is 0 Å². The molecule has 0 aliphatic carbocycles. The highest BCUT2D eigenvalue weighted by Gasteiger charge is 2.49. The molecule has 54 heavy (non-hydrogen) atoms. The highest BCUT2D eigenvalue weighted by Crippen LogP contribution is 2.38. The molecular weight excluding hydrogens is 708 g/mol. The summed E-state index contributed by atoms with van der Waals surface area (Å²) in [5.74, 6) is -4.01. The average Bonchev–Trinajstić information content (AvgIpc) is 3.14. The molecule has 1 aliphatic rings. The summed E-state index contributed by atoms with van der Waals surface area (Å²) in [6.07, 6.45) is -4.24. The lowest BCUT2D eigenvalue weighted by molar-refractivity contribution is -0.281. The summed E-state index contributed by atoms with van der Waals surface area (Å²) in [5.41, 5.74) is 0.00793. The number of aliphatic hydroxyl groups excluding tert-OH is 2. The summed E-state index contributed by atoms with van der Waals surface area (Å²) in [6, 6.07) is 19.0. The number of benzene rings is 4. The van der Waals surface area contributed by atoms with Crippen LogP contribution >= 0.6 is 0 Å². The SMILES string of the molecule is O=C(/C=C\c1ccc(O)cc1)OCC1O[C@@H](Oc2c(-c3ccc(O)cc3)oc3cc(O)cc(O)c3c2=O)C(O)C(OC(=O)/C=C\c2ccc(O)cc2)[C@@H]1O. The van der Waals surface area contributed by atoms with Gasteiger partial charge in [0.25, 0.3) is 0 Å². The van der Waals surface area contributed by atoms with Crippen LogP contribution in [0.1, 0.15) is 11.1 Å². The maximum atomic E-state index is 13.9. The van der Waals surface area contributed by atoms with Crippen molar-refractivity contribution in [3.05, 3.63) is 118 Å². The molecule has 15 heteroatoms. The van der Waals surface area contributed by atoms with Gasteiger partial charge in [-0.15, -0.1) is 0 Å². The van der Waals surface area contributed by atoms with Crippen LogP contribution in [0.5, 0.6) is 34.5 Å². The summed E-state index contributed by atoms with van der Waals surface area (Å²) in [4.78, 5) is 39.5. The topological polar surface area (TPSA) is 243 Å². The van der Waals surface area contributed by atoms with Crippen LogP contribution in [0.15, 0.2) is 106 Å². The summed E-state index contributed by atoms with van der Waals surface area (Å²) in [6.45, 7) is -0.666. The first-order chi connectivity index (χ1) is 25.9. The van der Waals surface area contributed by atoms with Crippen LogP contribution in [-0.2, 0) is 23.8 Å². The number of carbonyl (C=O) groups is 2. The summed E-state index contributed by atoms with van der Waals surface area (Å²) in [5, 5.41) is 71.7. The van der Waals surface area contributed by atoms with Crippen molar-refractivity contribution in [1.82, 2.24) is 0 Å². The van der Waals surface area contributed by atoms with Gasteiger partial charge in [-0.3, -0.25) is 4.79 Å². The lowest BCUT2D eigenvalue weighted by Crippen LogP contribution is -2.61. The summed E-state index contributed by atoms with van der Waals surface area (Å²) >= 11 is 0. The van der Waals surface area contributed by atoms with Gasteiger partial charge in [-0.25, -0.2) is 9.59 Å². The van der Waals surface area contributed by atoms with E-state index in [-0.39, 0.29) is 34.2 Å². The third-order valence-electron chi connectivity index (χ3n) is 8.18. The molecule has 0 radical (unpaired) electrons. The van der Waals surface area contributed by atoms with Crippen molar-refractivity contribution >= 4 is 35.1 Å². The van der Waals surface area contributed by atoms with Crippen LogP contribution in [0.25, 0.3) is 34.4 Å². The average molecular weight is 741 g/mol. The Morgan fingerprint density at radius 2 is 1.26 bits per heavy atom. The zero-order chi connectivity index (χ0) is 38.5. The Morgan fingerprint density at radius 3 is 1.85 bits per heavy atom. The monoisotopic (exact) mass is 740 g/mol. The smallest absolute Gasteiger partial charge is 0.331 e. The molecule has 6 rings (SSSR count). The lowest BCUT2D eigenvalue weighted by atomic mass is 9.98. The van der Waals surface area contributed by atoms with Crippen LogP contribution in [0.2, 0.25) is 0 Å². The molecular formula is C39H32O15. The first-order valence-corrected chi connectivity index (χ1v) is 16.2. The molecule has 0 saturated carbocycles. The number of esters is 2. The number of phenols is 5. The third kappa shape index (κ3) is 8.45. The molecule has 5 atom stereocenters. The van der Waals surface area contributed by atoms with Crippen molar-refractivity contribution < 1.29 is 68.7 Å². The highest BCUT2D eigenvalue weighted by molar-refractivity contribution is 5.89. The number of fused-ring (bicyclic) bond motifs is 1. The zero-order valence-electron chi connectivity index (χ0n) is 27.9. The van der Waals surface area contributed by atoms with E-state index in [0.717, 1.165) is 24.3 Å². The fourth-order valence-corrected chi connectivity index (χ4v) is 5.46. The van der Waals surface area contributed by atoms with E-state index in [1.165, 1.54) is 72.8 Å². The number of aromatic hydroxyl groups is 5. The van der Waals surface area contributed by atoms with E-state index in [1.54, 1.807) is 12.1 Å². The van der Waals surface area contributed by atoms with Crippen molar-refractivity contribution in [3.63, 3.8) is 0 Å². The van der Waals surface area contributed by atoms with Gasteiger partial charge < -0.3 is 59.1 Å². The van der Waals surface area contributed by atoms with Crippen LogP contribution in [0, 0.1) is 0 Å². The van der Waals surface area contributed by atoms with Gasteiger partial charge in [0, 0.05) is 29.8 Å². The second-order valence-electron chi connectivity index (χ2n) is 12.0. The van der Waals surface area contributed by atoms with Gasteiger partial charge in [0.05, 0.1) is 0 Å². The van der Waals surface area contributed by atoms with E-state index in [9.17, 15) is 50.1 Å². The molecule has 3 unspecified atom stereocenters. The lowest BCUT2D eigenvalue weighted by Gasteiger charge is -2.41. The molecule has 0 spiro atoms. The zero-order valence-corrected chi connectivity index (χ0v) is 27.9. The fourth-order valence-electron chi connectivity index (χ4n) is 5.46. The number of hydrogen-bond acceptors (Lipinski definition) is 15. The Bertz CT molecular complexity index is 2260. The third-order valence-corrected chi connectivity index (χ3v) is 8.18. The van der Waals surface area contributed by atoms with E-state index in [0.29, 0.717) is 11.1 Å². The predicted molar refractivity (Wildman–Crippen MR) is 189 cm³/mol. The van der Waals surface area contributed by atoms with Crippen LogP contribution in [0.3, 0.4) is 0 Å². The standard InChI is InChI=1S/C39H32O15/c40-23-9-1-20(2-10-23)5-15-30(45)50-19-29-33(47)37(53-31(46)16-6-21-3-11-24(41)12-4-21)35(49)39(52-29)54-38-34(48)32-27(44)17-26(43)18-28(32)51-36(38)22-7-13-25(42)14-8-22/h1-18,29,33,35,37,39-44,47,49H,19H2/b15-5-,16-6-/t29?,33-,35?,37?,39+/m1/s1. The minimum absolute atomic E-state index is 0.000756. The molecule has 1 fully saturated rings. The number of ether oxygens (including phenoxy) is 4. The quantitative estimate of drug-likeness (QED) is 0.0798. The Hall–Kier alpha value is -6.81. The molecule has 5 aromatic rings. The Kier molecular flexibility index (Phi) is 10.8. The van der Waals surface area contributed by atoms with Gasteiger partial charge in [-0.2, -0.15) is 0 Å². The first-order valence-electron chi connectivity index (χ1n) is 16.2. The van der Waals surface area contributed by atoms with E-state index >= 15 is 0 Å². The number of phenolic OH excluding ortho intramolecular Hbond substituents is 5. The molecule has 1 aliphatic heterocycles. The number of carbonyl (C=O) groups excluding carboxylic acids is 2. The molecule has 7 N–H and O–H groups in total. The Balaban J connectivity index is 1.32. The van der Waals surface area contributed by atoms with Crippen LogP contribution in [0.4, 0.5) is 0 Å². The maximum Gasteiger partial charge on any atom is 0.331 e. The van der Waals surface area contributed by atoms with Gasteiger partial charge in [0.1, 0.15) is 58.5 Å². The predicted octanol–water partition coefficient (Wildman–Crippen LogP) is 3.70. The molecule has 0 amide bonds. The Morgan fingerprint density at radius 1 is 0.704 bits per heavy atom. The number of hydrogen-bond donors (Lipinski definition) is 7. The van der Waals surface area contributed by atoms with Crippen molar-refractivity contribution in [2.45, 2.75) is 30.7 Å². The molecule has 4 aromatic carbocycles. The van der Waals surface area contributed by atoms with Gasteiger partial charge in [-0.1, -0.05) is 24.3 Å². The second kappa shape index (κ2) is 15.8. The molecule has 2 heterocycles. The van der Waals surface area contributed by atoms with Gasteiger partial charge >= 0.3 is 11.9 Å².